The molecule has 2 aromatic carbocycles. The van der Waals surface area contributed by atoms with Gasteiger partial charge in [-0.15, -0.1) is 0 Å². The molecule has 0 spiro atoms. The highest BCUT2D eigenvalue weighted by atomic mass is 35.5. The topological polar surface area (TPSA) is 124 Å². The number of benzene rings is 2. The molecule has 0 saturated heterocycles. The van der Waals surface area contributed by atoms with Gasteiger partial charge in [0.15, 0.2) is 23.0 Å². The fourth-order valence-corrected chi connectivity index (χ4v) is 5.49. The minimum Gasteiger partial charge on any atom is -0.291 e. The summed E-state index contributed by atoms with van der Waals surface area (Å²) in [5.74, 6) is -3.25. The third-order valence-corrected chi connectivity index (χ3v) is 7.28. The van der Waals surface area contributed by atoms with Crippen LogP contribution in [-0.2, 0) is 24.7 Å². The van der Waals surface area contributed by atoms with E-state index in [4.69, 9.17) is 46.4 Å². The Morgan fingerprint density at radius 1 is 0.580 bits per heavy atom. The molecular weight excluding hydrogens is 798 g/mol. The van der Waals surface area contributed by atoms with Crippen LogP contribution in [0.4, 0.5) is 69.1 Å². The van der Waals surface area contributed by atoms with E-state index in [2.05, 4.69) is 10.2 Å². The van der Waals surface area contributed by atoms with Crippen LogP contribution in [0.2, 0.25) is 20.1 Å². The molecule has 0 unspecified atom stereocenters. The van der Waals surface area contributed by atoms with Crippen LogP contribution < -0.4 is 10.6 Å². The van der Waals surface area contributed by atoms with E-state index in [0.717, 1.165) is 12.1 Å². The van der Waals surface area contributed by atoms with Gasteiger partial charge in [0, 0.05) is 0 Å². The molecule has 2 aromatic heterocycles. The molecule has 2 heterocycles. The lowest BCUT2D eigenvalue weighted by atomic mass is 10.2. The van der Waals surface area contributed by atoms with E-state index in [-0.39, 0.29) is 33.6 Å². The van der Waals surface area contributed by atoms with Crippen molar-refractivity contribution in [3.05, 3.63) is 78.0 Å². The lowest BCUT2D eigenvalue weighted by Crippen LogP contribution is -2.26. The Morgan fingerprint density at radius 2 is 0.860 bits per heavy atom. The third-order valence-electron chi connectivity index (χ3n) is 6.13. The average molecular weight is 804 g/mol. The Labute approximate surface area is 288 Å². The molecule has 25 heteroatoms. The van der Waals surface area contributed by atoms with Crippen molar-refractivity contribution < 1.29 is 57.5 Å². The number of nitrogens with zero attached hydrogens (tertiary/aromatic N) is 6. The van der Waals surface area contributed by atoms with Crippen LogP contribution in [0, 0.1) is 22.7 Å². The van der Waals surface area contributed by atoms with E-state index in [0.29, 0.717) is 0 Å². The molecule has 50 heavy (non-hydrogen) atoms. The maximum atomic E-state index is 14.2. The number of anilines is 2. The molecule has 0 bridgehead atoms. The molecule has 0 radical (unpaired) electrons. The summed E-state index contributed by atoms with van der Waals surface area (Å²) in [4.78, 5) is 13.2. The first kappa shape index (κ1) is 38.2. The number of nitrogens with one attached hydrogen (secondary N) is 2. The molecule has 0 aliphatic heterocycles. The molecule has 0 aliphatic carbocycles. The summed E-state index contributed by atoms with van der Waals surface area (Å²) in [6, 6.07) is 0.775. The van der Waals surface area contributed by atoms with Gasteiger partial charge in [-0.3, -0.25) is 10.6 Å². The molecule has 4 rings (SSSR count). The number of aromatic nitrogens is 4. The minimum atomic E-state index is -5.61. The second-order valence-corrected chi connectivity index (χ2v) is 11.0. The average Bonchev–Trinajstić information content (AvgIpc) is 3.49. The molecule has 9 nitrogen and oxygen atoms in total. The zero-order valence-electron chi connectivity index (χ0n) is 22.9. The first-order chi connectivity index (χ1) is 22.8. The minimum absolute atomic E-state index is 0.0297. The summed E-state index contributed by atoms with van der Waals surface area (Å²) in [5, 5.41) is 24.1. The van der Waals surface area contributed by atoms with Crippen molar-refractivity contribution in [2.45, 2.75) is 24.7 Å². The Bertz CT molecular complexity index is 1930. The van der Waals surface area contributed by atoms with Crippen LogP contribution in [0.5, 0.6) is 0 Å². The monoisotopic (exact) mass is 802 g/mol. The Hall–Kier alpha value is -4.57. The van der Waals surface area contributed by atoms with Crippen LogP contribution in [0.3, 0.4) is 0 Å². The normalized spacial score (nSPS) is 12.4. The number of alkyl halides is 12. The summed E-state index contributed by atoms with van der Waals surface area (Å²) in [7, 11) is 0. The first-order valence-corrected chi connectivity index (χ1v) is 13.7. The van der Waals surface area contributed by atoms with Gasteiger partial charge < -0.3 is 0 Å². The summed E-state index contributed by atoms with van der Waals surface area (Å²) in [6.45, 7) is 0. The number of rotatable bonds is 4. The van der Waals surface area contributed by atoms with E-state index >= 15 is 0 Å². The number of halogens is 16. The molecule has 264 valence electrons. The standard InChI is InChI=1S/C25H6Cl4F12N8O/c26-9-1-7(22(30,31)32)2-10(27)17(9)48-19(15(24(36,37)38)13(5-42)46-48)44-21(50)45-20-16(25(39,40)41)14(6-43)47-49(20)18-11(28)3-8(4-12(18)29)23(33,34)35/h1-4H,(H2,44,45,50). The zero-order chi connectivity index (χ0) is 37.9. The molecule has 2 amide bonds. The van der Waals surface area contributed by atoms with Crippen LogP contribution in [0.1, 0.15) is 33.6 Å². The van der Waals surface area contributed by atoms with Crippen LogP contribution in [-0.4, -0.2) is 25.6 Å². The fourth-order valence-electron chi connectivity index (χ4n) is 4.19. The quantitative estimate of drug-likeness (QED) is 0.199. The van der Waals surface area contributed by atoms with Crippen LogP contribution in [0.25, 0.3) is 11.4 Å². The van der Waals surface area contributed by atoms with Crippen molar-refractivity contribution in [2.75, 3.05) is 10.6 Å². The maximum Gasteiger partial charge on any atom is 0.422 e. The van der Waals surface area contributed by atoms with Crippen LogP contribution in [0.15, 0.2) is 24.3 Å². The predicted octanol–water partition coefficient (Wildman–Crippen LogP) is 10.1. The largest absolute Gasteiger partial charge is 0.422 e. The molecular formula is C25H6Cl4F12N8O. The van der Waals surface area contributed by atoms with Gasteiger partial charge in [-0.25, -0.2) is 14.2 Å². The molecule has 0 atom stereocenters. The molecule has 2 N–H and O–H groups in total. The molecule has 0 fully saturated rings. The third kappa shape index (κ3) is 7.31. The predicted molar refractivity (Wildman–Crippen MR) is 149 cm³/mol. The SMILES string of the molecule is N#Cc1nn(-c2c(Cl)cc(C(F)(F)F)cc2Cl)c(NC(=O)Nc2c(C(F)(F)F)c(C#N)nn2-c2c(Cl)cc(C(F)(F)F)cc2Cl)c1C(F)(F)F. The van der Waals surface area contributed by atoms with Gasteiger partial charge in [-0.1, -0.05) is 46.4 Å². The smallest absolute Gasteiger partial charge is 0.291 e. The lowest BCUT2D eigenvalue weighted by molar-refractivity contribution is -0.138. The van der Waals surface area contributed by atoms with E-state index in [1.807, 2.05) is 0 Å². The highest BCUT2D eigenvalue weighted by molar-refractivity contribution is 6.38. The summed E-state index contributed by atoms with van der Waals surface area (Å²) < 4.78 is 165. The number of hydrogen-bond acceptors (Lipinski definition) is 5. The van der Waals surface area contributed by atoms with E-state index in [9.17, 15) is 68.0 Å². The number of hydrogen-bond donors (Lipinski definition) is 2. The van der Waals surface area contributed by atoms with Crippen molar-refractivity contribution in [1.29, 1.82) is 10.5 Å². The molecule has 0 aliphatic rings. The van der Waals surface area contributed by atoms with Crippen molar-refractivity contribution in [3.63, 3.8) is 0 Å². The van der Waals surface area contributed by atoms with Crippen molar-refractivity contribution in [3.8, 4) is 23.5 Å². The maximum absolute atomic E-state index is 14.2. The van der Waals surface area contributed by atoms with Gasteiger partial charge in [0.1, 0.15) is 34.6 Å². The fraction of sp³-hybridized carbons (Fsp3) is 0.160. The Morgan fingerprint density at radius 3 is 1.08 bits per heavy atom. The summed E-state index contributed by atoms with van der Waals surface area (Å²) in [5.41, 5.74) is -12.2. The van der Waals surface area contributed by atoms with Gasteiger partial charge in [0.05, 0.1) is 31.2 Å². The zero-order valence-corrected chi connectivity index (χ0v) is 26.0. The highest BCUT2D eigenvalue weighted by Crippen LogP contribution is 2.45. The Balaban J connectivity index is 1.95. The first-order valence-electron chi connectivity index (χ1n) is 12.2. The number of nitriles is 2. The van der Waals surface area contributed by atoms with Crippen molar-refractivity contribution >= 4 is 64.1 Å². The lowest BCUT2D eigenvalue weighted by Gasteiger charge is -2.18. The Kier molecular flexibility index (Phi) is 9.91. The van der Waals surface area contributed by atoms with E-state index in [1.165, 1.54) is 10.6 Å². The second kappa shape index (κ2) is 13.0. The summed E-state index contributed by atoms with van der Waals surface area (Å²) in [6.07, 6.45) is -21.4. The van der Waals surface area contributed by atoms with Crippen molar-refractivity contribution in [1.82, 2.24) is 19.6 Å². The highest BCUT2D eigenvalue weighted by Gasteiger charge is 2.45. The number of amides is 2. The number of urea groups is 1. The van der Waals surface area contributed by atoms with Crippen molar-refractivity contribution in [2.24, 2.45) is 0 Å². The molecule has 0 saturated carbocycles. The van der Waals surface area contributed by atoms with E-state index < -0.39 is 107 Å². The summed E-state index contributed by atoms with van der Waals surface area (Å²) >= 11 is 23.5. The van der Waals surface area contributed by atoms with E-state index in [1.54, 1.807) is 0 Å². The van der Waals surface area contributed by atoms with Gasteiger partial charge >= 0.3 is 30.7 Å². The number of carbonyl (C=O) groups excluding carboxylic acids is 1. The molecule has 4 aromatic rings. The van der Waals surface area contributed by atoms with Gasteiger partial charge in [-0.05, 0) is 24.3 Å². The van der Waals surface area contributed by atoms with Gasteiger partial charge in [0.2, 0.25) is 0 Å². The van der Waals surface area contributed by atoms with Gasteiger partial charge in [-0.2, -0.15) is 73.4 Å². The number of carbonyl (C=O) groups is 1. The second-order valence-electron chi connectivity index (χ2n) is 9.34. The van der Waals surface area contributed by atoms with Crippen LogP contribution >= 0.6 is 46.4 Å². The van der Waals surface area contributed by atoms with Gasteiger partial charge in [0.25, 0.3) is 0 Å².